The Bertz CT molecular complexity index is 1060. The van der Waals surface area contributed by atoms with E-state index < -0.39 is 0 Å². The zero-order chi connectivity index (χ0) is 16.8. The maximum Gasteiger partial charge on any atom is 0.255 e. The molecular weight excluding hydrogens is 314 g/mol. The van der Waals surface area contributed by atoms with Gasteiger partial charge in [0.25, 0.3) is 5.91 Å². The summed E-state index contributed by atoms with van der Waals surface area (Å²) in [5.74, 6) is 0.777. The van der Waals surface area contributed by atoms with E-state index in [-0.39, 0.29) is 11.9 Å². The number of rotatable bonds is 4. The predicted octanol–water partition coefficient (Wildman–Crippen LogP) is 3.54. The second-order valence-electron chi connectivity index (χ2n) is 6.37. The van der Waals surface area contributed by atoms with E-state index in [0.717, 1.165) is 34.1 Å². The first-order valence-corrected chi connectivity index (χ1v) is 8.32. The third-order valence-corrected chi connectivity index (χ3v) is 4.50. The van der Waals surface area contributed by atoms with E-state index in [9.17, 15) is 4.79 Å². The van der Waals surface area contributed by atoms with Gasteiger partial charge in [0.2, 0.25) is 0 Å². The van der Waals surface area contributed by atoms with Gasteiger partial charge < -0.3 is 14.3 Å². The number of para-hydroxylation sites is 1. The number of hydrogen-bond donors (Lipinski definition) is 1. The Hall–Kier alpha value is -3.08. The number of pyridine rings is 1. The van der Waals surface area contributed by atoms with Crippen molar-refractivity contribution in [3.63, 3.8) is 0 Å². The van der Waals surface area contributed by atoms with Gasteiger partial charge in [-0.3, -0.25) is 9.78 Å². The molecule has 1 aliphatic rings. The number of aromatic nitrogens is 2. The molecule has 25 heavy (non-hydrogen) atoms. The normalized spacial score (nSPS) is 14.2. The number of carbonyl (C=O) groups is 1. The van der Waals surface area contributed by atoms with Crippen LogP contribution in [0.1, 0.15) is 22.5 Å². The molecule has 0 aliphatic heterocycles. The maximum atomic E-state index is 12.5. The highest BCUT2D eigenvalue weighted by molar-refractivity contribution is 6.05. The van der Waals surface area contributed by atoms with Crippen molar-refractivity contribution in [3.8, 4) is 0 Å². The third kappa shape index (κ3) is 2.58. The van der Waals surface area contributed by atoms with Gasteiger partial charge >= 0.3 is 0 Å². The van der Waals surface area contributed by atoms with Crippen molar-refractivity contribution in [2.45, 2.75) is 19.0 Å². The molecule has 0 spiro atoms. The van der Waals surface area contributed by atoms with Crippen molar-refractivity contribution < 1.29 is 9.21 Å². The fourth-order valence-corrected chi connectivity index (χ4v) is 3.17. The SMILES string of the molecule is O=C(NC1[CH]C1)c1cncc2ccn(Cc3cc4ccccc4o3)c12. The minimum atomic E-state index is -0.0820. The van der Waals surface area contributed by atoms with E-state index in [2.05, 4.69) is 16.7 Å². The largest absolute Gasteiger partial charge is 0.459 e. The highest BCUT2D eigenvalue weighted by Crippen LogP contribution is 2.25. The topological polar surface area (TPSA) is 60.1 Å². The summed E-state index contributed by atoms with van der Waals surface area (Å²) in [6.07, 6.45) is 8.40. The van der Waals surface area contributed by atoms with Crippen LogP contribution in [0.15, 0.2) is 59.4 Å². The monoisotopic (exact) mass is 330 g/mol. The van der Waals surface area contributed by atoms with E-state index in [1.165, 1.54) is 0 Å². The van der Waals surface area contributed by atoms with Gasteiger partial charge in [-0.25, -0.2) is 0 Å². The summed E-state index contributed by atoms with van der Waals surface area (Å²) in [5, 5.41) is 5.02. The number of amides is 1. The van der Waals surface area contributed by atoms with Crippen LogP contribution in [0.4, 0.5) is 0 Å². The molecule has 1 fully saturated rings. The first-order valence-electron chi connectivity index (χ1n) is 8.32. The molecule has 1 aliphatic carbocycles. The summed E-state index contributed by atoms with van der Waals surface area (Å²) < 4.78 is 7.97. The first kappa shape index (κ1) is 14.3. The van der Waals surface area contributed by atoms with Crippen molar-refractivity contribution in [1.82, 2.24) is 14.9 Å². The summed E-state index contributed by atoms with van der Waals surface area (Å²) in [6, 6.07) is 12.2. The van der Waals surface area contributed by atoms with Crippen LogP contribution in [-0.2, 0) is 6.54 Å². The Morgan fingerprint density at radius 1 is 1.24 bits per heavy atom. The molecule has 1 unspecified atom stereocenters. The van der Waals surface area contributed by atoms with Gasteiger partial charge in [-0.1, -0.05) is 18.2 Å². The second kappa shape index (κ2) is 5.48. The molecular formula is C20H16N3O2. The molecule has 5 heteroatoms. The lowest BCUT2D eigenvalue weighted by molar-refractivity contribution is 0.0953. The lowest BCUT2D eigenvalue weighted by atomic mass is 10.2. The first-order chi connectivity index (χ1) is 12.3. The van der Waals surface area contributed by atoms with Crippen LogP contribution in [0.3, 0.4) is 0 Å². The second-order valence-corrected chi connectivity index (χ2v) is 6.37. The highest BCUT2D eigenvalue weighted by atomic mass is 16.3. The van der Waals surface area contributed by atoms with Crippen LogP contribution in [0.5, 0.6) is 0 Å². The highest BCUT2D eigenvalue weighted by Gasteiger charge is 2.25. The van der Waals surface area contributed by atoms with Gasteiger partial charge in [0.1, 0.15) is 11.3 Å². The van der Waals surface area contributed by atoms with E-state index in [4.69, 9.17) is 4.42 Å². The van der Waals surface area contributed by atoms with Crippen LogP contribution in [0.25, 0.3) is 21.9 Å². The molecule has 3 heterocycles. The van der Waals surface area contributed by atoms with Gasteiger partial charge in [0, 0.05) is 35.4 Å². The molecule has 1 aromatic carbocycles. The maximum absolute atomic E-state index is 12.5. The van der Waals surface area contributed by atoms with Gasteiger partial charge in [-0.2, -0.15) is 0 Å². The Labute approximate surface area is 144 Å². The summed E-state index contributed by atoms with van der Waals surface area (Å²) in [7, 11) is 0. The fourth-order valence-electron chi connectivity index (χ4n) is 3.17. The van der Waals surface area contributed by atoms with Crippen molar-refractivity contribution in [3.05, 3.63) is 72.7 Å². The summed E-state index contributed by atoms with van der Waals surface area (Å²) >= 11 is 0. The van der Waals surface area contributed by atoms with Gasteiger partial charge in [-0.15, -0.1) is 0 Å². The lowest BCUT2D eigenvalue weighted by Crippen LogP contribution is -2.26. The Morgan fingerprint density at radius 2 is 2.12 bits per heavy atom. The Balaban J connectivity index is 1.55. The molecule has 3 aromatic heterocycles. The van der Waals surface area contributed by atoms with Gasteiger partial charge in [0.15, 0.2) is 0 Å². The van der Waals surface area contributed by atoms with E-state index >= 15 is 0 Å². The van der Waals surface area contributed by atoms with E-state index in [0.29, 0.717) is 12.1 Å². The van der Waals surface area contributed by atoms with Gasteiger partial charge in [0.05, 0.1) is 17.6 Å². The number of hydrogen-bond acceptors (Lipinski definition) is 3. The Kier molecular flexibility index (Phi) is 3.13. The number of furan rings is 1. The molecule has 1 amide bonds. The van der Waals surface area contributed by atoms with Crippen molar-refractivity contribution in [1.29, 1.82) is 0 Å². The molecule has 1 radical (unpaired) electrons. The van der Waals surface area contributed by atoms with Crippen molar-refractivity contribution in [2.75, 3.05) is 0 Å². The number of fused-ring (bicyclic) bond motifs is 2. The lowest BCUT2D eigenvalue weighted by Gasteiger charge is -2.08. The van der Waals surface area contributed by atoms with Crippen LogP contribution in [-0.4, -0.2) is 21.5 Å². The summed E-state index contributed by atoms with van der Waals surface area (Å²) in [6.45, 7) is 0.567. The summed E-state index contributed by atoms with van der Waals surface area (Å²) in [5.41, 5.74) is 2.35. The van der Waals surface area contributed by atoms with Crippen LogP contribution in [0, 0.1) is 6.42 Å². The molecule has 5 rings (SSSR count). The van der Waals surface area contributed by atoms with Crippen molar-refractivity contribution >= 4 is 27.8 Å². The molecule has 1 saturated carbocycles. The zero-order valence-corrected chi connectivity index (χ0v) is 13.5. The molecule has 0 bridgehead atoms. The minimum absolute atomic E-state index is 0.0820. The molecule has 0 saturated heterocycles. The fraction of sp³-hybridized carbons (Fsp3) is 0.150. The van der Waals surface area contributed by atoms with Crippen LogP contribution in [0.2, 0.25) is 0 Å². The number of nitrogens with zero attached hydrogens (tertiary/aromatic N) is 2. The average molecular weight is 330 g/mol. The minimum Gasteiger partial charge on any atom is -0.459 e. The molecule has 5 nitrogen and oxygen atoms in total. The molecule has 1 atom stereocenters. The predicted molar refractivity (Wildman–Crippen MR) is 95.2 cm³/mol. The van der Waals surface area contributed by atoms with E-state index in [1.54, 1.807) is 12.4 Å². The molecule has 4 aromatic rings. The molecule has 123 valence electrons. The molecule has 1 N–H and O–H groups in total. The Morgan fingerprint density at radius 3 is 2.96 bits per heavy atom. The number of carbonyl (C=O) groups excluding carboxylic acids is 1. The van der Waals surface area contributed by atoms with Crippen molar-refractivity contribution in [2.24, 2.45) is 0 Å². The number of nitrogens with one attached hydrogen (secondary N) is 1. The van der Waals surface area contributed by atoms with Crippen LogP contribution < -0.4 is 5.32 Å². The number of benzene rings is 1. The van der Waals surface area contributed by atoms with E-state index in [1.807, 2.05) is 47.2 Å². The third-order valence-electron chi connectivity index (χ3n) is 4.50. The van der Waals surface area contributed by atoms with Gasteiger partial charge in [-0.05, 0) is 31.0 Å². The summed E-state index contributed by atoms with van der Waals surface area (Å²) in [4.78, 5) is 16.8. The average Bonchev–Trinajstić information content (AvgIpc) is 3.19. The quantitative estimate of drug-likeness (QED) is 0.622. The zero-order valence-electron chi connectivity index (χ0n) is 13.5. The standard InChI is InChI=1S/C20H16N3O2/c24-20(22-15-5-6-15)17-11-21-10-14-7-8-23(19(14)17)12-16-9-13-3-1-2-4-18(13)25-16/h1-5,7-11,15H,6,12H2,(H,22,24). The smallest absolute Gasteiger partial charge is 0.255 e. The van der Waals surface area contributed by atoms with Crippen LogP contribution >= 0.6 is 0 Å².